The molecule has 0 aliphatic heterocycles. The van der Waals surface area contributed by atoms with Gasteiger partial charge in [0.25, 0.3) is 0 Å². The predicted molar refractivity (Wildman–Crippen MR) is 69.2 cm³/mol. The van der Waals surface area contributed by atoms with E-state index in [1.165, 1.54) is 37.8 Å². The number of aryl methyl sites for hydroxylation is 2. The van der Waals surface area contributed by atoms with E-state index in [1.54, 1.807) is 0 Å². The Morgan fingerprint density at radius 1 is 1.47 bits per heavy atom. The number of aromatic nitrogens is 2. The monoisotopic (exact) mass is 236 g/mol. The predicted octanol–water partition coefficient (Wildman–Crippen LogP) is 2.20. The van der Waals surface area contributed by atoms with E-state index in [0.717, 1.165) is 18.0 Å². The van der Waals surface area contributed by atoms with Crippen LogP contribution in [0.2, 0.25) is 0 Å². The Morgan fingerprint density at radius 3 is 2.71 bits per heavy atom. The van der Waals surface area contributed by atoms with Crippen molar-refractivity contribution in [3.05, 3.63) is 17.5 Å². The highest BCUT2D eigenvalue weighted by Gasteiger charge is 2.21. The molecule has 1 aliphatic rings. The van der Waals surface area contributed by atoms with E-state index in [4.69, 9.17) is 5.84 Å². The highest BCUT2D eigenvalue weighted by atomic mass is 15.3. The van der Waals surface area contributed by atoms with Crippen LogP contribution in [0.5, 0.6) is 0 Å². The van der Waals surface area contributed by atoms with Crippen LogP contribution in [0.15, 0.2) is 6.07 Å². The minimum Gasteiger partial charge on any atom is -0.271 e. The fourth-order valence-electron chi connectivity index (χ4n) is 2.99. The van der Waals surface area contributed by atoms with Crippen molar-refractivity contribution in [3.63, 3.8) is 0 Å². The Kier molecular flexibility index (Phi) is 4.18. The number of rotatable bonds is 4. The van der Waals surface area contributed by atoms with Crippen molar-refractivity contribution in [2.24, 2.45) is 18.8 Å². The van der Waals surface area contributed by atoms with Crippen LogP contribution in [0.25, 0.3) is 0 Å². The molecule has 1 atom stereocenters. The number of nitrogens with two attached hydrogens (primary N) is 1. The van der Waals surface area contributed by atoms with E-state index in [1.807, 2.05) is 18.7 Å². The highest BCUT2D eigenvalue weighted by Crippen LogP contribution is 2.31. The first-order valence-electron chi connectivity index (χ1n) is 6.67. The molecule has 1 aromatic heterocycles. The zero-order valence-corrected chi connectivity index (χ0v) is 10.9. The Balaban J connectivity index is 2.02. The molecule has 1 heterocycles. The van der Waals surface area contributed by atoms with Gasteiger partial charge in [-0.15, -0.1) is 0 Å². The maximum atomic E-state index is 5.71. The molecular formula is C13H24N4. The van der Waals surface area contributed by atoms with Crippen LogP contribution in [0, 0.1) is 12.8 Å². The molecule has 0 amide bonds. The zero-order chi connectivity index (χ0) is 12.3. The number of hydrogen-bond donors (Lipinski definition) is 2. The first kappa shape index (κ1) is 12.6. The van der Waals surface area contributed by atoms with Gasteiger partial charge in [0, 0.05) is 7.05 Å². The molecule has 4 heteroatoms. The van der Waals surface area contributed by atoms with E-state index in [-0.39, 0.29) is 6.04 Å². The van der Waals surface area contributed by atoms with Gasteiger partial charge in [0.15, 0.2) is 0 Å². The van der Waals surface area contributed by atoms with Crippen LogP contribution in [-0.4, -0.2) is 9.78 Å². The number of hydrogen-bond acceptors (Lipinski definition) is 3. The first-order valence-corrected chi connectivity index (χ1v) is 6.67. The quantitative estimate of drug-likeness (QED) is 0.622. The van der Waals surface area contributed by atoms with E-state index < -0.39 is 0 Å². The maximum Gasteiger partial charge on any atom is 0.0631 e. The van der Waals surface area contributed by atoms with E-state index in [9.17, 15) is 0 Å². The van der Waals surface area contributed by atoms with Crippen molar-refractivity contribution in [2.75, 3.05) is 0 Å². The molecule has 1 saturated carbocycles. The van der Waals surface area contributed by atoms with E-state index >= 15 is 0 Å². The molecule has 2 rings (SSSR count). The van der Waals surface area contributed by atoms with E-state index in [2.05, 4.69) is 16.6 Å². The second-order valence-corrected chi connectivity index (χ2v) is 5.29. The van der Waals surface area contributed by atoms with Crippen molar-refractivity contribution >= 4 is 0 Å². The Morgan fingerprint density at radius 2 is 2.18 bits per heavy atom. The van der Waals surface area contributed by atoms with Gasteiger partial charge in [-0.25, -0.2) is 0 Å². The van der Waals surface area contributed by atoms with Crippen LogP contribution in [0.3, 0.4) is 0 Å². The van der Waals surface area contributed by atoms with Gasteiger partial charge < -0.3 is 0 Å². The summed E-state index contributed by atoms with van der Waals surface area (Å²) in [4.78, 5) is 0. The van der Waals surface area contributed by atoms with Crippen molar-refractivity contribution < 1.29 is 0 Å². The summed E-state index contributed by atoms with van der Waals surface area (Å²) >= 11 is 0. The molecule has 1 fully saturated rings. The number of nitrogens with one attached hydrogen (secondary N) is 1. The van der Waals surface area contributed by atoms with Gasteiger partial charge in [-0.05, 0) is 25.3 Å². The second-order valence-electron chi connectivity index (χ2n) is 5.29. The molecule has 0 radical (unpaired) electrons. The zero-order valence-electron chi connectivity index (χ0n) is 10.9. The molecule has 0 spiro atoms. The smallest absolute Gasteiger partial charge is 0.0631 e. The standard InChI is InChI=1S/C13H24N4/c1-10-8-13(17(2)16-10)12(15-14)9-11-6-4-3-5-7-11/h8,11-12,15H,3-7,9,14H2,1-2H3. The van der Waals surface area contributed by atoms with Gasteiger partial charge in [0.2, 0.25) is 0 Å². The fourth-order valence-corrected chi connectivity index (χ4v) is 2.99. The molecule has 1 aromatic rings. The number of nitrogens with zero attached hydrogens (tertiary/aromatic N) is 2. The Hall–Kier alpha value is -0.870. The lowest BCUT2D eigenvalue weighted by molar-refractivity contribution is 0.295. The Labute approximate surface area is 104 Å². The van der Waals surface area contributed by atoms with Crippen molar-refractivity contribution in [2.45, 2.75) is 51.5 Å². The minimum atomic E-state index is 0.240. The normalized spacial score (nSPS) is 19.5. The number of hydrazine groups is 1. The van der Waals surface area contributed by atoms with E-state index in [0.29, 0.717) is 0 Å². The fraction of sp³-hybridized carbons (Fsp3) is 0.769. The third-order valence-electron chi connectivity index (χ3n) is 3.89. The van der Waals surface area contributed by atoms with Gasteiger partial charge in [0.05, 0.1) is 17.4 Å². The van der Waals surface area contributed by atoms with Gasteiger partial charge >= 0.3 is 0 Å². The lowest BCUT2D eigenvalue weighted by Crippen LogP contribution is -2.31. The lowest BCUT2D eigenvalue weighted by atomic mass is 9.84. The summed E-state index contributed by atoms with van der Waals surface area (Å²) in [7, 11) is 1.99. The average Bonchev–Trinajstić information content (AvgIpc) is 2.67. The maximum absolute atomic E-state index is 5.71. The second kappa shape index (κ2) is 5.65. The third-order valence-corrected chi connectivity index (χ3v) is 3.89. The summed E-state index contributed by atoms with van der Waals surface area (Å²) in [5.41, 5.74) is 5.22. The highest BCUT2D eigenvalue weighted by molar-refractivity contribution is 5.13. The van der Waals surface area contributed by atoms with Crippen LogP contribution >= 0.6 is 0 Å². The van der Waals surface area contributed by atoms with Gasteiger partial charge in [-0.1, -0.05) is 32.1 Å². The minimum absolute atomic E-state index is 0.240. The molecule has 4 nitrogen and oxygen atoms in total. The summed E-state index contributed by atoms with van der Waals surface area (Å²) in [5, 5.41) is 4.39. The summed E-state index contributed by atoms with van der Waals surface area (Å²) in [6.45, 7) is 2.03. The van der Waals surface area contributed by atoms with Crippen molar-refractivity contribution in [1.82, 2.24) is 15.2 Å². The summed E-state index contributed by atoms with van der Waals surface area (Å²) in [6, 6.07) is 2.37. The summed E-state index contributed by atoms with van der Waals surface area (Å²) in [6.07, 6.45) is 8.01. The lowest BCUT2D eigenvalue weighted by Gasteiger charge is -2.26. The summed E-state index contributed by atoms with van der Waals surface area (Å²) in [5.74, 6) is 6.53. The SMILES string of the molecule is Cc1cc(C(CC2CCCCC2)NN)n(C)n1. The molecule has 0 saturated heterocycles. The third kappa shape index (κ3) is 3.07. The van der Waals surface area contributed by atoms with Crippen LogP contribution in [0.4, 0.5) is 0 Å². The van der Waals surface area contributed by atoms with Crippen LogP contribution < -0.4 is 11.3 Å². The summed E-state index contributed by atoms with van der Waals surface area (Å²) < 4.78 is 1.95. The van der Waals surface area contributed by atoms with Gasteiger partial charge in [0.1, 0.15) is 0 Å². The van der Waals surface area contributed by atoms with Gasteiger partial charge in [-0.3, -0.25) is 16.0 Å². The Bertz CT molecular complexity index is 352. The van der Waals surface area contributed by atoms with Crippen LogP contribution in [0.1, 0.15) is 56.0 Å². The van der Waals surface area contributed by atoms with Crippen molar-refractivity contribution in [1.29, 1.82) is 0 Å². The molecule has 96 valence electrons. The molecule has 0 aromatic carbocycles. The van der Waals surface area contributed by atoms with Crippen molar-refractivity contribution in [3.8, 4) is 0 Å². The average molecular weight is 236 g/mol. The molecule has 0 bridgehead atoms. The molecule has 1 unspecified atom stereocenters. The molecule has 1 aliphatic carbocycles. The topological polar surface area (TPSA) is 55.9 Å². The van der Waals surface area contributed by atoms with Gasteiger partial charge in [-0.2, -0.15) is 5.10 Å². The largest absolute Gasteiger partial charge is 0.271 e. The molecule has 17 heavy (non-hydrogen) atoms. The van der Waals surface area contributed by atoms with Crippen LogP contribution in [-0.2, 0) is 7.05 Å². The molecular weight excluding hydrogens is 212 g/mol. The molecule has 3 N–H and O–H groups in total. The first-order chi connectivity index (χ1) is 8.20.